The van der Waals surface area contributed by atoms with Gasteiger partial charge < -0.3 is 10.1 Å². The maximum atomic E-state index is 5.41. The van der Waals surface area contributed by atoms with Crippen molar-refractivity contribution in [3.8, 4) is 5.75 Å². The fraction of sp³-hybridized carbons (Fsp3) is 0.438. The van der Waals surface area contributed by atoms with E-state index < -0.39 is 0 Å². The summed E-state index contributed by atoms with van der Waals surface area (Å²) in [7, 11) is 3.68. The van der Waals surface area contributed by atoms with Crippen LogP contribution in [0, 0.1) is 13.8 Å². The van der Waals surface area contributed by atoms with E-state index in [4.69, 9.17) is 4.74 Å². The van der Waals surface area contributed by atoms with Crippen molar-refractivity contribution < 1.29 is 4.74 Å². The predicted molar refractivity (Wildman–Crippen MR) is 81.4 cm³/mol. The number of hydrogen-bond donors (Lipinski definition) is 1. The van der Waals surface area contributed by atoms with E-state index in [1.54, 1.807) is 7.11 Å². The zero-order valence-corrected chi connectivity index (χ0v) is 12.7. The van der Waals surface area contributed by atoms with Gasteiger partial charge in [0.1, 0.15) is 5.75 Å². The van der Waals surface area contributed by atoms with Crippen molar-refractivity contribution in [3.63, 3.8) is 0 Å². The van der Waals surface area contributed by atoms with E-state index in [1.165, 1.54) is 11.3 Å². The number of para-hydroxylation sites is 1. The van der Waals surface area contributed by atoms with E-state index in [0.29, 0.717) is 0 Å². The molecule has 0 radical (unpaired) electrons. The first kappa shape index (κ1) is 14.6. The van der Waals surface area contributed by atoms with Crippen molar-refractivity contribution in [3.05, 3.63) is 46.8 Å². The molecule has 0 amide bonds. The van der Waals surface area contributed by atoms with Gasteiger partial charge in [0.25, 0.3) is 0 Å². The van der Waals surface area contributed by atoms with E-state index >= 15 is 0 Å². The first-order valence-corrected chi connectivity index (χ1v) is 6.96. The lowest BCUT2D eigenvalue weighted by Crippen LogP contribution is -2.11. The summed E-state index contributed by atoms with van der Waals surface area (Å²) < 4.78 is 7.48. The molecule has 1 aromatic heterocycles. The molecule has 0 atom stereocenters. The molecule has 2 rings (SSSR count). The van der Waals surface area contributed by atoms with Crippen LogP contribution in [-0.2, 0) is 13.0 Å². The van der Waals surface area contributed by atoms with Crippen LogP contribution in [0.5, 0.6) is 5.75 Å². The lowest BCUT2D eigenvalue weighted by Gasteiger charge is -2.10. The topological polar surface area (TPSA) is 39.1 Å². The van der Waals surface area contributed by atoms with Crippen LogP contribution in [0.2, 0.25) is 0 Å². The van der Waals surface area contributed by atoms with Crippen molar-refractivity contribution in [2.45, 2.75) is 26.8 Å². The minimum absolute atomic E-state index is 0.746. The van der Waals surface area contributed by atoms with Gasteiger partial charge in [-0.2, -0.15) is 5.10 Å². The summed E-state index contributed by atoms with van der Waals surface area (Å²) in [6, 6.07) is 8.10. The Bertz CT molecular complexity index is 575. The minimum atomic E-state index is 0.746. The molecule has 0 spiro atoms. The smallest absolute Gasteiger partial charge is 0.123 e. The van der Waals surface area contributed by atoms with Crippen molar-refractivity contribution >= 4 is 0 Å². The summed E-state index contributed by atoms with van der Waals surface area (Å²) >= 11 is 0. The van der Waals surface area contributed by atoms with Gasteiger partial charge in [-0.1, -0.05) is 18.2 Å². The fourth-order valence-electron chi connectivity index (χ4n) is 2.49. The Hall–Kier alpha value is -1.81. The number of aryl methyl sites for hydroxylation is 1. The molecule has 0 saturated carbocycles. The molecule has 0 unspecified atom stereocenters. The molecule has 0 fully saturated rings. The standard InChI is InChI=1S/C16H23N3O/c1-12-15(9-10-17-3)13(2)19(18-12)11-14-7-5-6-8-16(14)20-4/h5-8,17H,9-11H2,1-4H3. The number of likely N-dealkylation sites (N-methyl/N-ethyl adjacent to an activating group) is 1. The van der Waals surface area contributed by atoms with Crippen molar-refractivity contribution in [2.75, 3.05) is 20.7 Å². The first-order chi connectivity index (χ1) is 9.67. The van der Waals surface area contributed by atoms with E-state index in [9.17, 15) is 0 Å². The number of ether oxygens (including phenoxy) is 1. The van der Waals surface area contributed by atoms with Gasteiger partial charge in [-0.3, -0.25) is 4.68 Å². The summed E-state index contributed by atoms with van der Waals surface area (Å²) in [4.78, 5) is 0. The van der Waals surface area contributed by atoms with Gasteiger partial charge in [0.05, 0.1) is 19.3 Å². The number of nitrogens with zero attached hydrogens (tertiary/aromatic N) is 2. The lowest BCUT2D eigenvalue weighted by atomic mass is 10.1. The van der Waals surface area contributed by atoms with Crippen LogP contribution in [0.3, 0.4) is 0 Å². The largest absolute Gasteiger partial charge is 0.496 e. The third kappa shape index (κ3) is 3.02. The second kappa shape index (κ2) is 6.57. The van der Waals surface area contributed by atoms with Crippen LogP contribution in [0.1, 0.15) is 22.5 Å². The zero-order chi connectivity index (χ0) is 14.5. The molecule has 0 bridgehead atoms. The average Bonchev–Trinajstić information content (AvgIpc) is 2.72. The Kier molecular flexibility index (Phi) is 4.79. The van der Waals surface area contributed by atoms with Crippen LogP contribution < -0.4 is 10.1 Å². The van der Waals surface area contributed by atoms with Crippen molar-refractivity contribution in [1.82, 2.24) is 15.1 Å². The molecule has 20 heavy (non-hydrogen) atoms. The fourth-order valence-corrected chi connectivity index (χ4v) is 2.49. The number of rotatable bonds is 6. The maximum Gasteiger partial charge on any atom is 0.123 e. The van der Waals surface area contributed by atoms with Gasteiger partial charge in [0.15, 0.2) is 0 Å². The highest BCUT2D eigenvalue weighted by Gasteiger charge is 2.12. The maximum absolute atomic E-state index is 5.41. The Labute approximate surface area is 120 Å². The molecule has 2 aromatic rings. The number of hydrogen-bond acceptors (Lipinski definition) is 3. The summed E-state index contributed by atoms with van der Waals surface area (Å²) in [6.45, 7) is 5.94. The zero-order valence-electron chi connectivity index (χ0n) is 12.7. The van der Waals surface area contributed by atoms with Crippen LogP contribution in [-0.4, -0.2) is 30.5 Å². The summed E-state index contributed by atoms with van der Waals surface area (Å²) in [5, 5.41) is 7.86. The Morgan fingerprint density at radius 1 is 1.25 bits per heavy atom. The molecular formula is C16H23N3O. The van der Waals surface area contributed by atoms with Crippen molar-refractivity contribution in [1.29, 1.82) is 0 Å². The molecule has 1 heterocycles. The summed E-state index contributed by atoms with van der Waals surface area (Å²) in [6.07, 6.45) is 1.01. The van der Waals surface area contributed by atoms with Crippen LogP contribution in [0.25, 0.3) is 0 Å². The van der Waals surface area contributed by atoms with E-state index in [0.717, 1.165) is 36.5 Å². The molecule has 0 saturated heterocycles. The number of benzene rings is 1. The molecule has 4 heteroatoms. The van der Waals surface area contributed by atoms with E-state index in [-0.39, 0.29) is 0 Å². The second-order valence-corrected chi connectivity index (χ2v) is 4.97. The highest BCUT2D eigenvalue weighted by molar-refractivity contribution is 5.34. The third-order valence-corrected chi connectivity index (χ3v) is 3.67. The van der Waals surface area contributed by atoms with Gasteiger partial charge in [-0.15, -0.1) is 0 Å². The Morgan fingerprint density at radius 3 is 2.70 bits per heavy atom. The first-order valence-electron chi connectivity index (χ1n) is 6.96. The van der Waals surface area contributed by atoms with Crippen LogP contribution >= 0.6 is 0 Å². The Morgan fingerprint density at radius 2 is 2.00 bits per heavy atom. The molecule has 4 nitrogen and oxygen atoms in total. The molecule has 0 aliphatic carbocycles. The molecule has 0 aliphatic heterocycles. The molecule has 0 aliphatic rings. The van der Waals surface area contributed by atoms with Gasteiger partial charge in [0, 0.05) is 11.3 Å². The van der Waals surface area contributed by atoms with Crippen molar-refractivity contribution in [2.24, 2.45) is 0 Å². The summed E-state index contributed by atoms with van der Waals surface area (Å²) in [5.74, 6) is 0.914. The monoisotopic (exact) mass is 273 g/mol. The highest BCUT2D eigenvalue weighted by atomic mass is 16.5. The Balaban J connectivity index is 2.25. The normalized spacial score (nSPS) is 10.8. The van der Waals surface area contributed by atoms with Crippen LogP contribution in [0.15, 0.2) is 24.3 Å². The van der Waals surface area contributed by atoms with Gasteiger partial charge in [-0.05, 0) is 45.5 Å². The molecule has 1 aromatic carbocycles. The second-order valence-electron chi connectivity index (χ2n) is 4.97. The van der Waals surface area contributed by atoms with Gasteiger partial charge in [-0.25, -0.2) is 0 Å². The minimum Gasteiger partial charge on any atom is -0.496 e. The molecule has 108 valence electrons. The number of nitrogens with one attached hydrogen (secondary N) is 1. The molecule has 1 N–H and O–H groups in total. The van der Waals surface area contributed by atoms with E-state index in [1.807, 2.05) is 25.2 Å². The summed E-state index contributed by atoms with van der Waals surface area (Å²) in [5.41, 5.74) is 4.85. The third-order valence-electron chi connectivity index (χ3n) is 3.67. The van der Waals surface area contributed by atoms with Gasteiger partial charge >= 0.3 is 0 Å². The highest BCUT2D eigenvalue weighted by Crippen LogP contribution is 2.21. The van der Waals surface area contributed by atoms with E-state index in [2.05, 4.69) is 35.0 Å². The van der Waals surface area contributed by atoms with Crippen LogP contribution in [0.4, 0.5) is 0 Å². The quantitative estimate of drug-likeness (QED) is 0.878. The SMILES string of the molecule is CNCCc1c(C)nn(Cc2ccccc2OC)c1C. The number of methoxy groups -OCH3 is 1. The lowest BCUT2D eigenvalue weighted by molar-refractivity contribution is 0.407. The predicted octanol–water partition coefficient (Wildman–Crippen LogP) is 2.32. The average molecular weight is 273 g/mol. The molecular weight excluding hydrogens is 250 g/mol. The van der Waals surface area contributed by atoms with Gasteiger partial charge in [0.2, 0.25) is 0 Å². The number of aromatic nitrogens is 2.